The normalized spacial score (nSPS) is 16.4. The van der Waals surface area contributed by atoms with E-state index in [0.717, 1.165) is 12.1 Å². The second kappa shape index (κ2) is 7.85. The molecule has 0 bridgehead atoms. The van der Waals surface area contributed by atoms with Gasteiger partial charge in [0, 0.05) is 5.56 Å². The molecule has 0 aliphatic heterocycles. The molecule has 152 valence electrons. The molecular formula is C17H23BrF2N2O3S2. The number of nitrogens with zero attached hydrogens (tertiary/aromatic N) is 1. The highest BCUT2D eigenvalue weighted by Gasteiger charge is 2.45. The number of benzene rings is 1. The third-order valence-corrected chi connectivity index (χ3v) is 8.96. The third kappa shape index (κ3) is 5.13. The number of nitrogens with one attached hydrogen (secondary N) is 1. The SMILES string of the molecule is CC(C)(C)[S@@](=O)N[C@@](C)(CS(=O)(=O)C(C)(C)C#N)c1c(F)ccc(Br)c1F. The van der Waals surface area contributed by atoms with E-state index >= 15 is 0 Å². The molecule has 0 radical (unpaired) electrons. The van der Waals surface area contributed by atoms with Gasteiger partial charge in [0.1, 0.15) is 11.6 Å². The van der Waals surface area contributed by atoms with E-state index in [1.54, 1.807) is 26.8 Å². The van der Waals surface area contributed by atoms with Gasteiger partial charge in [0.25, 0.3) is 0 Å². The Hall–Kier alpha value is -0.890. The molecule has 0 saturated carbocycles. The lowest BCUT2D eigenvalue weighted by Crippen LogP contribution is -2.53. The second-order valence-corrected chi connectivity index (χ2v) is 13.3. The van der Waals surface area contributed by atoms with Crippen molar-refractivity contribution in [2.24, 2.45) is 0 Å². The van der Waals surface area contributed by atoms with Crippen LogP contribution in [-0.2, 0) is 26.4 Å². The van der Waals surface area contributed by atoms with Crippen molar-refractivity contribution < 1.29 is 21.4 Å². The molecule has 0 aliphatic carbocycles. The fourth-order valence-corrected chi connectivity index (χ4v) is 4.96. The molecule has 1 rings (SSSR count). The molecule has 5 nitrogen and oxygen atoms in total. The molecule has 27 heavy (non-hydrogen) atoms. The minimum absolute atomic E-state index is 0.0644. The van der Waals surface area contributed by atoms with E-state index < -0.39 is 58.8 Å². The molecule has 0 aliphatic rings. The van der Waals surface area contributed by atoms with Crippen LogP contribution in [0.25, 0.3) is 0 Å². The highest BCUT2D eigenvalue weighted by molar-refractivity contribution is 9.10. The number of halogens is 3. The minimum Gasteiger partial charge on any atom is -0.242 e. The van der Waals surface area contributed by atoms with Crippen molar-refractivity contribution in [2.45, 2.75) is 56.6 Å². The summed E-state index contributed by atoms with van der Waals surface area (Å²) >= 11 is 2.96. The summed E-state index contributed by atoms with van der Waals surface area (Å²) in [4.78, 5) is 0. The van der Waals surface area contributed by atoms with Crippen molar-refractivity contribution in [3.8, 4) is 6.07 Å². The number of hydrogen-bond donors (Lipinski definition) is 1. The summed E-state index contributed by atoms with van der Waals surface area (Å²) in [5.74, 6) is -2.81. The van der Waals surface area contributed by atoms with Crippen LogP contribution in [0.1, 0.15) is 47.1 Å². The number of nitriles is 1. The monoisotopic (exact) mass is 484 g/mol. The van der Waals surface area contributed by atoms with E-state index in [-0.39, 0.29) is 4.47 Å². The Kier molecular flexibility index (Phi) is 7.02. The molecule has 0 spiro atoms. The van der Waals surface area contributed by atoms with Gasteiger partial charge in [-0.2, -0.15) is 5.26 Å². The third-order valence-electron chi connectivity index (χ3n) is 4.00. The first-order valence-corrected chi connectivity index (χ1v) is 11.6. The van der Waals surface area contributed by atoms with E-state index in [2.05, 4.69) is 20.7 Å². The summed E-state index contributed by atoms with van der Waals surface area (Å²) < 4.78 is 67.5. The van der Waals surface area contributed by atoms with Gasteiger partial charge in [-0.15, -0.1) is 0 Å². The molecule has 0 heterocycles. The van der Waals surface area contributed by atoms with Crippen LogP contribution in [0.5, 0.6) is 0 Å². The first-order chi connectivity index (χ1) is 12.0. The molecule has 0 saturated heterocycles. The van der Waals surface area contributed by atoms with Crippen molar-refractivity contribution in [2.75, 3.05) is 5.75 Å². The fourth-order valence-electron chi connectivity index (χ4n) is 2.17. The molecule has 0 amide bonds. The molecule has 1 aromatic rings. The predicted octanol–water partition coefficient (Wildman–Crippen LogP) is 3.71. The summed E-state index contributed by atoms with van der Waals surface area (Å²) in [5.41, 5.74) is -2.45. The van der Waals surface area contributed by atoms with Crippen LogP contribution < -0.4 is 4.72 Å². The number of hydrogen-bond acceptors (Lipinski definition) is 4. The van der Waals surface area contributed by atoms with E-state index in [0.29, 0.717) is 0 Å². The zero-order chi connectivity index (χ0) is 21.4. The van der Waals surface area contributed by atoms with Crippen LogP contribution in [0.3, 0.4) is 0 Å². The molecule has 0 unspecified atom stereocenters. The van der Waals surface area contributed by atoms with Crippen molar-refractivity contribution in [3.63, 3.8) is 0 Å². The lowest BCUT2D eigenvalue weighted by molar-refractivity contribution is 0.420. The lowest BCUT2D eigenvalue weighted by Gasteiger charge is -2.35. The first kappa shape index (κ1) is 24.1. The van der Waals surface area contributed by atoms with E-state index in [4.69, 9.17) is 0 Å². The Labute approximate surface area is 170 Å². The zero-order valence-electron chi connectivity index (χ0n) is 16.0. The topological polar surface area (TPSA) is 87.0 Å². The summed E-state index contributed by atoms with van der Waals surface area (Å²) in [7, 11) is -6.00. The Bertz CT molecular complexity index is 906. The van der Waals surface area contributed by atoms with Gasteiger partial charge in [0.05, 0.1) is 37.6 Å². The highest BCUT2D eigenvalue weighted by Crippen LogP contribution is 2.35. The zero-order valence-corrected chi connectivity index (χ0v) is 19.2. The smallest absolute Gasteiger partial charge is 0.170 e. The molecule has 1 aromatic carbocycles. The summed E-state index contributed by atoms with van der Waals surface area (Å²) in [6.07, 6.45) is 0. The van der Waals surface area contributed by atoms with Crippen LogP contribution >= 0.6 is 15.9 Å². The fraction of sp³-hybridized carbons (Fsp3) is 0.588. The second-order valence-electron chi connectivity index (χ2n) is 7.91. The quantitative estimate of drug-likeness (QED) is 0.623. The maximum atomic E-state index is 14.8. The van der Waals surface area contributed by atoms with Gasteiger partial charge in [0.15, 0.2) is 14.6 Å². The minimum atomic E-state index is -4.16. The summed E-state index contributed by atoms with van der Waals surface area (Å²) in [6, 6.07) is 3.84. The van der Waals surface area contributed by atoms with Crippen LogP contribution in [0.4, 0.5) is 8.78 Å². The van der Waals surface area contributed by atoms with Gasteiger partial charge >= 0.3 is 0 Å². The first-order valence-electron chi connectivity index (χ1n) is 7.96. The Morgan fingerprint density at radius 2 is 1.70 bits per heavy atom. The lowest BCUT2D eigenvalue weighted by atomic mass is 9.94. The van der Waals surface area contributed by atoms with Crippen molar-refractivity contribution in [1.29, 1.82) is 5.26 Å². The average Bonchev–Trinajstić information content (AvgIpc) is 2.49. The summed E-state index contributed by atoms with van der Waals surface area (Å²) in [6.45, 7) is 8.58. The van der Waals surface area contributed by atoms with Crippen molar-refractivity contribution >= 4 is 36.8 Å². The molecule has 1 N–H and O–H groups in total. The molecular weight excluding hydrogens is 462 g/mol. The molecule has 0 fully saturated rings. The van der Waals surface area contributed by atoms with Gasteiger partial charge in [-0.05, 0) is 69.6 Å². The largest absolute Gasteiger partial charge is 0.242 e. The van der Waals surface area contributed by atoms with Gasteiger partial charge in [-0.1, -0.05) is 0 Å². The maximum absolute atomic E-state index is 14.8. The van der Waals surface area contributed by atoms with Crippen LogP contribution in [0.2, 0.25) is 0 Å². The Morgan fingerprint density at radius 3 is 2.15 bits per heavy atom. The van der Waals surface area contributed by atoms with Crippen molar-refractivity contribution in [3.05, 3.63) is 33.8 Å². The van der Waals surface area contributed by atoms with Crippen LogP contribution in [0, 0.1) is 23.0 Å². The van der Waals surface area contributed by atoms with Crippen LogP contribution in [0.15, 0.2) is 16.6 Å². The van der Waals surface area contributed by atoms with E-state index in [1.165, 1.54) is 20.8 Å². The van der Waals surface area contributed by atoms with Gasteiger partial charge in [-0.25, -0.2) is 26.1 Å². The van der Waals surface area contributed by atoms with Gasteiger partial charge in [0.2, 0.25) is 0 Å². The van der Waals surface area contributed by atoms with Gasteiger partial charge < -0.3 is 0 Å². The molecule has 10 heteroatoms. The molecule has 0 aromatic heterocycles. The molecule has 2 atom stereocenters. The van der Waals surface area contributed by atoms with E-state index in [1.807, 2.05) is 0 Å². The maximum Gasteiger partial charge on any atom is 0.170 e. The standard InChI is InChI=1S/C17H23BrF2N2O3S2/c1-15(2,3)26(23)22-17(6,10-27(24,25)16(4,5)9-21)13-12(19)8-7-11(18)14(13)20/h7-8,22H,10H2,1-6H3/t17-,26+/m0/s1. The van der Waals surface area contributed by atoms with E-state index in [9.17, 15) is 26.7 Å². The Morgan fingerprint density at radius 1 is 1.19 bits per heavy atom. The Balaban J connectivity index is 3.69. The summed E-state index contributed by atoms with van der Waals surface area (Å²) in [5, 5.41) is 9.20. The predicted molar refractivity (Wildman–Crippen MR) is 106 cm³/mol. The highest BCUT2D eigenvalue weighted by atomic mass is 79.9. The van der Waals surface area contributed by atoms with Crippen molar-refractivity contribution in [1.82, 2.24) is 4.72 Å². The average molecular weight is 485 g/mol. The van der Waals surface area contributed by atoms with Crippen LogP contribution in [-0.4, -0.2) is 27.9 Å². The van der Waals surface area contributed by atoms with Gasteiger partial charge in [-0.3, -0.25) is 0 Å². The number of sulfone groups is 1. The number of rotatable bonds is 6.